The smallest absolute Gasteiger partial charge is 0.0402 e. The van der Waals surface area contributed by atoms with E-state index >= 15 is 0 Å². The third-order valence-corrected chi connectivity index (χ3v) is 1.15. The lowest BCUT2D eigenvalue weighted by atomic mass is 10.2. The molecule has 0 amide bonds. The summed E-state index contributed by atoms with van der Waals surface area (Å²) in [4.78, 5) is 0. The third kappa shape index (κ3) is 1.58. The van der Waals surface area contributed by atoms with Crippen molar-refractivity contribution >= 4 is 11.9 Å². The fourth-order valence-electron chi connectivity index (χ4n) is 0.642. The van der Waals surface area contributed by atoms with Crippen molar-refractivity contribution in [3.63, 3.8) is 0 Å². The molecule has 1 aromatic rings. The van der Waals surface area contributed by atoms with Gasteiger partial charge in [0, 0.05) is 17.5 Å². The van der Waals surface area contributed by atoms with E-state index in [1.807, 2.05) is 18.2 Å². The normalized spacial score (nSPS) is 8.00. The molecule has 0 atom stereocenters. The van der Waals surface area contributed by atoms with Gasteiger partial charge in [-0.15, -0.1) is 0 Å². The van der Waals surface area contributed by atoms with Gasteiger partial charge in [-0.25, -0.2) is 0 Å². The first-order chi connectivity index (χ1) is 4.34. The zero-order valence-corrected chi connectivity index (χ0v) is 4.96. The summed E-state index contributed by atoms with van der Waals surface area (Å²) in [5, 5.41) is 6.88. The summed E-state index contributed by atoms with van der Waals surface area (Å²) in [5.41, 5.74) is 6.92. The molecule has 3 N–H and O–H groups in total. The van der Waals surface area contributed by atoms with Crippen molar-refractivity contribution in [1.29, 1.82) is 5.41 Å². The van der Waals surface area contributed by atoms with Crippen molar-refractivity contribution in [3.8, 4) is 0 Å². The first-order valence-corrected chi connectivity index (χ1v) is 2.69. The molecule has 1 aromatic carbocycles. The number of rotatable bonds is 1. The van der Waals surface area contributed by atoms with Gasteiger partial charge in [-0.1, -0.05) is 25.6 Å². The van der Waals surface area contributed by atoms with Gasteiger partial charge in [0.2, 0.25) is 0 Å². The molecule has 0 radical (unpaired) electrons. The molecule has 0 fully saturated rings. The predicted octanol–water partition coefficient (Wildman–Crippen LogP) is 1.90. The van der Waals surface area contributed by atoms with Gasteiger partial charge in [-0.05, 0) is 6.07 Å². The van der Waals surface area contributed by atoms with Gasteiger partial charge in [-0.2, -0.15) is 0 Å². The second-order valence-electron chi connectivity index (χ2n) is 1.77. The van der Waals surface area contributed by atoms with Gasteiger partial charge in [0.05, 0.1) is 0 Å². The van der Waals surface area contributed by atoms with Crippen molar-refractivity contribution in [2.45, 2.75) is 7.43 Å². The molecule has 0 spiro atoms. The van der Waals surface area contributed by atoms with E-state index in [4.69, 9.17) is 11.1 Å². The van der Waals surface area contributed by atoms with Crippen LogP contribution in [0.5, 0.6) is 0 Å². The molecule has 0 aromatic heterocycles. The molecule has 1 rings (SSSR count). The molecule has 2 nitrogen and oxygen atoms in total. The van der Waals surface area contributed by atoms with Crippen LogP contribution in [0.3, 0.4) is 0 Å². The minimum Gasteiger partial charge on any atom is -0.398 e. The van der Waals surface area contributed by atoms with Crippen LogP contribution < -0.4 is 5.73 Å². The Labute approximate surface area is 61.2 Å². The third-order valence-electron chi connectivity index (χ3n) is 1.15. The number of anilines is 1. The maximum atomic E-state index is 6.88. The number of nitrogen functional groups attached to an aromatic ring is 1. The molecule has 0 unspecified atom stereocenters. The Morgan fingerprint density at radius 3 is 2.30 bits per heavy atom. The Bertz CT molecular complexity index is 218. The molecule has 0 saturated heterocycles. The lowest BCUT2D eigenvalue weighted by molar-refractivity contribution is 1.54. The maximum Gasteiger partial charge on any atom is 0.0402 e. The summed E-state index contributed by atoms with van der Waals surface area (Å²) < 4.78 is 0. The van der Waals surface area contributed by atoms with Crippen LogP contribution >= 0.6 is 0 Å². The minimum atomic E-state index is 0. The molecule has 2 heteroatoms. The van der Waals surface area contributed by atoms with E-state index in [1.54, 1.807) is 6.07 Å². The second kappa shape index (κ2) is 3.67. The number of nitrogens with two attached hydrogens (primary N) is 1. The van der Waals surface area contributed by atoms with Crippen molar-refractivity contribution in [3.05, 3.63) is 29.8 Å². The molecular weight excluding hydrogens is 124 g/mol. The van der Waals surface area contributed by atoms with Gasteiger partial charge in [0.1, 0.15) is 0 Å². The minimum absolute atomic E-state index is 0. The Balaban J connectivity index is 0.000000810. The van der Waals surface area contributed by atoms with E-state index < -0.39 is 0 Å². The van der Waals surface area contributed by atoms with Crippen LogP contribution in [0.2, 0.25) is 0 Å². The number of benzene rings is 1. The predicted molar refractivity (Wildman–Crippen MR) is 45.5 cm³/mol. The molecule has 0 saturated carbocycles. The summed E-state index contributed by atoms with van der Waals surface area (Å²) in [6.07, 6.45) is 1.25. The van der Waals surface area contributed by atoms with Crippen LogP contribution in [-0.4, -0.2) is 6.21 Å². The van der Waals surface area contributed by atoms with E-state index in [-0.39, 0.29) is 7.43 Å². The Morgan fingerprint density at radius 1 is 1.30 bits per heavy atom. The molecule has 54 valence electrons. The lowest BCUT2D eigenvalue weighted by Crippen LogP contribution is -1.90. The molecule has 0 aliphatic rings. The largest absolute Gasteiger partial charge is 0.398 e. The van der Waals surface area contributed by atoms with Crippen LogP contribution in [0.25, 0.3) is 0 Å². The van der Waals surface area contributed by atoms with Gasteiger partial charge in [-0.3, -0.25) is 0 Å². The number of hydrogen-bond acceptors (Lipinski definition) is 2. The van der Waals surface area contributed by atoms with Gasteiger partial charge in [0.15, 0.2) is 0 Å². The van der Waals surface area contributed by atoms with E-state index in [2.05, 4.69) is 0 Å². The maximum absolute atomic E-state index is 6.88. The number of hydrogen-bond donors (Lipinski definition) is 2. The van der Waals surface area contributed by atoms with Gasteiger partial charge >= 0.3 is 0 Å². The zero-order chi connectivity index (χ0) is 6.69. The summed E-state index contributed by atoms with van der Waals surface area (Å²) in [6, 6.07) is 7.29. The summed E-state index contributed by atoms with van der Waals surface area (Å²) >= 11 is 0. The van der Waals surface area contributed by atoms with Gasteiger partial charge < -0.3 is 11.1 Å². The fourth-order valence-corrected chi connectivity index (χ4v) is 0.642. The molecule has 0 bridgehead atoms. The molecular formula is C8H12N2. The van der Waals surface area contributed by atoms with E-state index in [0.29, 0.717) is 5.69 Å². The van der Waals surface area contributed by atoms with Crippen molar-refractivity contribution in [2.24, 2.45) is 0 Å². The molecule has 0 aliphatic heterocycles. The van der Waals surface area contributed by atoms with E-state index in [1.165, 1.54) is 6.21 Å². The van der Waals surface area contributed by atoms with Crippen LogP contribution in [0.4, 0.5) is 5.69 Å². The average Bonchev–Trinajstić information content (AvgIpc) is 1.89. The molecule has 0 aliphatic carbocycles. The Kier molecular flexibility index (Phi) is 3.19. The first-order valence-electron chi connectivity index (χ1n) is 2.69. The summed E-state index contributed by atoms with van der Waals surface area (Å²) in [7, 11) is 0. The monoisotopic (exact) mass is 136 g/mol. The van der Waals surface area contributed by atoms with Crippen molar-refractivity contribution < 1.29 is 0 Å². The number of para-hydroxylation sites is 1. The lowest BCUT2D eigenvalue weighted by Gasteiger charge is -1.94. The zero-order valence-electron chi connectivity index (χ0n) is 4.96. The van der Waals surface area contributed by atoms with Crippen molar-refractivity contribution in [2.75, 3.05) is 5.73 Å². The Morgan fingerprint density at radius 2 is 1.90 bits per heavy atom. The highest BCUT2D eigenvalue weighted by molar-refractivity contribution is 5.84. The van der Waals surface area contributed by atoms with Crippen LogP contribution in [0.1, 0.15) is 13.0 Å². The highest BCUT2D eigenvalue weighted by Gasteiger charge is 1.88. The van der Waals surface area contributed by atoms with Gasteiger partial charge in [0.25, 0.3) is 0 Å². The highest BCUT2D eigenvalue weighted by atomic mass is 14.6. The van der Waals surface area contributed by atoms with E-state index in [9.17, 15) is 0 Å². The van der Waals surface area contributed by atoms with E-state index in [0.717, 1.165) is 5.56 Å². The second-order valence-corrected chi connectivity index (χ2v) is 1.77. The quantitative estimate of drug-likeness (QED) is 0.449. The van der Waals surface area contributed by atoms with Crippen LogP contribution in [0.15, 0.2) is 24.3 Å². The SMILES string of the molecule is C.N=Cc1ccccc1N. The highest BCUT2D eigenvalue weighted by Crippen LogP contribution is 2.05. The van der Waals surface area contributed by atoms with Crippen LogP contribution in [0, 0.1) is 5.41 Å². The first kappa shape index (κ1) is 8.69. The standard InChI is InChI=1S/C7H8N2.CH4/c8-5-6-3-1-2-4-7(6)9;/h1-5,8H,9H2;1H4. The average molecular weight is 136 g/mol. The summed E-state index contributed by atoms with van der Waals surface area (Å²) in [5.74, 6) is 0. The molecule has 10 heavy (non-hydrogen) atoms. The fraction of sp³-hybridized carbons (Fsp3) is 0.125. The topological polar surface area (TPSA) is 49.9 Å². The summed E-state index contributed by atoms with van der Waals surface area (Å²) in [6.45, 7) is 0. The molecule has 0 heterocycles. The number of nitrogens with one attached hydrogen (secondary N) is 1. The Hall–Kier alpha value is -1.31. The van der Waals surface area contributed by atoms with Crippen molar-refractivity contribution in [1.82, 2.24) is 0 Å². The van der Waals surface area contributed by atoms with Crippen LogP contribution in [-0.2, 0) is 0 Å².